The number of carbonyl (C=O) groups is 3. The Kier molecular flexibility index (Phi) is 5.40. The fraction of sp³-hybridized carbons (Fsp3) is 0.250. The number of nitrogens with one attached hydrogen (secondary N) is 2. The van der Waals surface area contributed by atoms with Crippen molar-refractivity contribution in [3.05, 3.63) is 65.2 Å². The van der Waals surface area contributed by atoms with Crippen LogP contribution in [0.25, 0.3) is 0 Å². The van der Waals surface area contributed by atoms with Gasteiger partial charge in [-0.25, -0.2) is 4.79 Å². The van der Waals surface area contributed by atoms with Gasteiger partial charge >= 0.3 is 6.03 Å². The summed E-state index contributed by atoms with van der Waals surface area (Å²) >= 11 is 0. The number of primary amides is 1. The predicted molar refractivity (Wildman–Crippen MR) is 102 cm³/mol. The molecule has 7 nitrogen and oxygen atoms in total. The summed E-state index contributed by atoms with van der Waals surface area (Å²) in [4.78, 5) is 37.5. The van der Waals surface area contributed by atoms with Crippen molar-refractivity contribution in [2.24, 2.45) is 5.73 Å². The molecule has 1 unspecified atom stereocenters. The number of nitrogens with zero attached hydrogens (tertiary/aromatic N) is 1. The summed E-state index contributed by atoms with van der Waals surface area (Å²) in [5.74, 6) is -0.400. The van der Waals surface area contributed by atoms with Crippen molar-refractivity contribution in [2.45, 2.75) is 25.9 Å². The van der Waals surface area contributed by atoms with E-state index in [-0.39, 0.29) is 11.8 Å². The van der Waals surface area contributed by atoms with Gasteiger partial charge in [-0.05, 0) is 43.2 Å². The lowest BCUT2D eigenvalue weighted by Crippen LogP contribution is -2.41. The Balaban J connectivity index is 1.60. The second-order valence-electron chi connectivity index (χ2n) is 6.55. The number of anilines is 1. The van der Waals surface area contributed by atoms with Crippen LogP contribution in [0.5, 0.6) is 0 Å². The van der Waals surface area contributed by atoms with E-state index in [0.29, 0.717) is 25.1 Å². The molecule has 0 spiro atoms. The van der Waals surface area contributed by atoms with Crippen LogP contribution in [0.4, 0.5) is 10.5 Å². The molecule has 1 saturated heterocycles. The molecule has 0 aliphatic carbocycles. The van der Waals surface area contributed by atoms with Crippen LogP contribution in [0.3, 0.4) is 0 Å². The number of hydrogen-bond acceptors (Lipinski definition) is 3. The van der Waals surface area contributed by atoms with Gasteiger partial charge in [0, 0.05) is 24.3 Å². The van der Waals surface area contributed by atoms with Crippen LogP contribution in [0.15, 0.2) is 48.5 Å². The lowest BCUT2D eigenvalue weighted by molar-refractivity contribution is -0.118. The van der Waals surface area contributed by atoms with Crippen molar-refractivity contribution in [3.63, 3.8) is 0 Å². The highest BCUT2D eigenvalue weighted by Crippen LogP contribution is 2.22. The Labute approximate surface area is 157 Å². The van der Waals surface area contributed by atoms with Gasteiger partial charge in [-0.1, -0.05) is 29.8 Å². The minimum atomic E-state index is -0.602. The summed E-state index contributed by atoms with van der Waals surface area (Å²) in [5.41, 5.74) is 8.29. The van der Waals surface area contributed by atoms with Gasteiger partial charge in [-0.2, -0.15) is 0 Å². The van der Waals surface area contributed by atoms with Gasteiger partial charge in [0.05, 0.1) is 0 Å². The number of rotatable bonds is 5. The first-order chi connectivity index (χ1) is 12.9. The fourth-order valence-corrected chi connectivity index (χ4v) is 3.00. The van der Waals surface area contributed by atoms with E-state index in [4.69, 9.17) is 5.73 Å². The first-order valence-electron chi connectivity index (χ1n) is 8.75. The molecule has 4 N–H and O–H groups in total. The number of aryl methyl sites for hydroxylation is 1. The molecular weight excluding hydrogens is 344 g/mol. The van der Waals surface area contributed by atoms with Gasteiger partial charge in [-0.3, -0.25) is 9.59 Å². The van der Waals surface area contributed by atoms with E-state index in [2.05, 4.69) is 10.6 Å². The van der Waals surface area contributed by atoms with E-state index >= 15 is 0 Å². The van der Waals surface area contributed by atoms with Crippen molar-refractivity contribution in [2.75, 3.05) is 11.4 Å². The molecule has 0 aromatic heterocycles. The molecule has 1 atom stereocenters. The quantitative estimate of drug-likeness (QED) is 0.750. The maximum Gasteiger partial charge on any atom is 0.312 e. The van der Waals surface area contributed by atoms with Crippen LogP contribution in [0.2, 0.25) is 0 Å². The summed E-state index contributed by atoms with van der Waals surface area (Å²) < 4.78 is 0. The molecule has 2 aromatic rings. The Morgan fingerprint density at radius 3 is 2.41 bits per heavy atom. The molecule has 0 saturated carbocycles. The van der Waals surface area contributed by atoms with Crippen LogP contribution in [0, 0.1) is 6.92 Å². The van der Waals surface area contributed by atoms with Crippen molar-refractivity contribution in [3.8, 4) is 0 Å². The number of nitrogens with two attached hydrogens (primary N) is 1. The average molecular weight is 366 g/mol. The van der Waals surface area contributed by atoms with Gasteiger partial charge in [0.1, 0.15) is 6.04 Å². The summed E-state index contributed by atoms with van der Waals surface area (Å²) in [6, 6.07) is 13.4. The average Bonchev–Trinajstić information content (AvgIpc) is 3.01. The lowest BCUT2D eigenvalue weighted by atomic mass is 10.1. The minimum absolute atomic E-state index is 0.102. The topological polar surface area (TPSA) is 105 Å². The van der Waals surface area contributed by atoms with Crippen molar-refractivity contribution < 1.29 is 14.4 Å². The Morgan fingerprint density at radius 2 is 1.78 bits per heavy atom. The number of carbonyl (C=O) groups excluding carboxylic acids is 3. The van der Waals surface area contributed by atoms with E-state index < -0.39 is 12.1 Å². The minimum Gasteiger partial charge on any atom is -0.352 e. The lowest BCUT2D eigenvalue weighted by Gasteiger charge is -2.17. The third-order valence-electron chi connectivity index (χ3n) is 4.54. The van der Waals surface area contributed by atoms with E-state index in [1.807, 2.05) is 31.2 Å². The second kappa shape index (κ2) is 7.90. The largest absolute Gasteiger partial charge is 0.352 e. The monoisotopic (exact) mass is 366 g/mol. The van der Waals surface area contributed by atoms with Crippen molar-refractivity contribution in [1.29, 1.82) is 0 Å². The van der Waals surface area contributed by atoms with E-state index in [1.54, 1.807) is 29.2 Å². The van der Waals surface area contributed by atoms with Crippen molar-refractivity contribution >= 4 is 23.5 Å². The summed E-state index contributed by atoms with van der Waals surface area (Å²) in [6.45, 7) is 2.86. The molecule has 27 heavy (non-hydrogen) atoms. The highest BCUT2D eigenvalue weighted by molar-refractivity contribution is 6.03. The number of urea groups is 1. The van der Waals surface area contributed by atoms with Gasteiger partial charge in [0.15, 0.2) is 0 Å². The second-order valence-corrected chi connectivity index (χ2v) is 6.55. The van der Waals surface area contributed by atoms with E-state index in [9.17, 15) is 14.4 Å². The number of amides is 4. The molecule has 1 fully saturated rings. The molecular formula is C20H22N4O3. The summed E-state index contributed by atoms with van der Waals surface area (Å²) in [7, 11) is 0. The van der Waals surface area contributed by atoms with Gasteiger partial charge in [0.2, 0.25) is 5.91 Å². The molecule has 1 heterocycles. The third-order valence-corrected chi connectivity index (χ3v) is 4.54. The summed E-state index contributed by atoms with van der Waals surface area (Å²) in [5, 5.41) is 5.29. The maximum absolute atomic E-state index is 12.6. The van der Waals surface area contributed by atoms with Crippen LogP contribution in [-0.4, -0.2) is 30.4 Å². The van der Waals surface area contributed by atoms with Crippen LogP contribution >= 0.6 is 0 Å². The molecule has 1 aliphatic rings. The first-order valence-corrected chi connectivity index (χ1v) is 8.75. The molecule has 1 aliphatic heterocycles. The SMILES string of the molecule is Cc1ccc(N2CCC(NC(=O)c3ccc(CNC(N)=O)cc3)C2=O)cc1. The molecule has 3 rings (SSSR count). The zero-order chi connectivity index (χ0) is 19.4. The van der Waals surface area contributed by atoms with Gasteiger partial charge < -0.3 is 21.3 Å². The van der Waals surface area contributed by atoms with Crippen LogP contribution < -0.4 is 21.3 Å². The highest BCUT2D eigenvalue weighted by atomic mass is 16.2. The van der Waals surface area contributed by atoms with E-state index in [1.165, 1.54) is 0 Å². The Bertz CT molecular complexity index is 847. The van der Waals surface area contributed by atoms with Crippen LogP contribution in [0.1, 0.15) is 27.9 Å². The third kappa shape index (κ3) is 4.44. The molecule has 2 aromatic carbocycles. The zero-order valence-electron chi connectivity index (χ0n) is 15.1. The molecule has 0 radical (unpaired) electrons. The van der Waals surface area contributed by atoms with Gasteiger partial charge in [-0.15, -0.1) is 0 Å². The Morgan fingerprint density at radius 1 is 1.11 bits per heavy atom. The number of benzene rings is 2. The first kappa shape index (κ1) is 18.4. The summed E-state index contributed by atoms with van der Waals surface area (Å²) in [6.07, 6.45) is 0.569. The smallest absolute Gasteiger partial charge is 0.312 e. The molecule has 4 amide bonds. The number of hydrogen-bond donors (Lipinski definition) is 3. The molecule has 7 heteroatoms. The maximum atomic E-state index is 12.6. The van der Waals surface area contributed by atoms with Crippen LogP contribution in [-0.2, 0) is 11.3 Å². The van der Waals surface area contributed by atoms with Gasteiger partial charge in [0.25, 0.3) is 5.91 Å². The highest BCUT2D eigenvalue weighted by Gasteiger charge is 2.33. The van der Waals surface area contributed by atoms with Crippen molar-refractivity contribution in [1.82, 2.24) is 10.6 Å². The fourth-order valence-electron chi connectivity index (χ4n) is 3.00. The normalized spacial score (nSPS) is 16.3. The molecule has 140 valence electrons. The zero-order valence-corrected chi connectivity index (χ0v) is 15.1. The molecule has 0 bridgehead atoms. The standard InChI is InChI=1S/C20H22N4O3/c1-13-2-8-16(9-3-13)24-11-10-17(19(24)26)23-18(25)15-6-4-14(5-7-15)12-22-20(21)27/h2-9,17H,10-12H2,1H3,(H,23,25)(H3,21,22,27). The van der Waals surface area contributed by atoms with E-state index in [0.717, 1.165) is 16.8 Å². The Hall–Kier alpha value is -3.35. The predicted octanol–water partition coefficient (Wildman–Crippen LogP) is 1.70.